The van der Waals surface area contributed by atoms with Crippen LogP contribution in [0.2, 0.25) is 0 Å². The first-order valence-corrected chi connectivity index (χ1v) is 5.95. The van der Waals surface area contributed by atoms with E-state index in [1.807, 2.05) is 13.1 Å². The first kappa shape index (κ1) is 13.0. The molecule has 0 aliphatic heterocycles. The second-order valence-corrected chi connectivity index (χ2v) is 4.02. The van der Waals surface area contributed by atoms with Gasteiger partial charge in [-0.15, -0.1) is 0 Å². The minimum atomic E-state index is -0.196. The number of nitrogens with zero attached hydrogens (tertiary/aromatic N) is 4. The molecule has 7 heteroatoms. The average molecular weight is 260 g/mol. The van der Waals surface area contributed by atoms with Crippen molar-refractivity contribution >= 4 is 11.6 Å². The maximum absolute atomic E-state index is 11.8. The van der Waals surface area contributed by atoms with Crippen LogP contribution in [0.4, 0.5) is 5.69 Å². The Morgan fingerprint density at radius 1 is 1.37 bits per heavy atom. The molecule has 0 unspecified atom stereocenters. The van der Waals surface area contributed by atoms with E-state index in [9.17, 15) is 4.79 Å². The number of hydrogen-bond donors (Lipinski definition) is 2. The lowest BCUT2D eigenvalue weighted by atomic mass is 10.3. The molecular weight excluding hydrogens is 244 g/mol. The van der Waals surface area contributed by atoms with Crippen molar-refractivity contribution < 1.29 is 4.79 Å². The van der Waals surface area contributed by atoms with E-state index < -0.39 is 0 Å². The van der Waals surface area contributed by atoms with Crippen LogP contribution in [0.3, 0.4) is 0 Å². The van der Waals surface area contributed by atoms with Gasteiger partial charge in [-0.25, -0.2) is 9.97 Å². The molecule has 0 bridgehead atoms. The van der Waals surface area contributed by atoms with Crippen molar-refractivity contribution in [1.29, 1.82) is 0 Å². The predicted molar refractivity (Wildman–Crippen MR) is 70.8 cm³/mol. The zero-order chi connectivity index (χ0) is 13.7. The van der Waals surface area contributed by atoms with Gasteiger partial charge in [-0.2, -0.15) is 5.10 Å². The van der Waals surface area contributed by atoms with Crippen LogP contribution in [0.5, 0.6) is 0 Å². The van der Waals surface area contributed by atoms with E-state index in [1.54, 1.807) is 30.3 Å². The number of aryl methyl sites for hydroxylation is 1. The molecule has 0 atom stereocenters. The molecule has 0 saturated carbocycles. The van der Waals surface area contributed by atoms with E-state index in [0.29, 0.717) is 24.5 Å². The third-order valence-electron chi connectivity index (χ3n) is 2.57. The molecule has 1 amide bonds. The Morgan fingerprint density at radius 2 is 2.21 bits per heavy atom. The van der Waals surface area contributed by atoms with Gasteiger partial charge in [0.25, 0.3) is 5.91 Å². The highest BCUT2D eigenvalue weighted by molar-refractivity contribution is 5.92. The van der Waals surface area contributed by atoms with E-state index in [4.69, 9.17) is 0 Å². The van der Waals surface area contributed by atoms with Gasteiger partial charge in [0.2, 0.25) is 0 Å². The zero-order valence-corrected chi connectivity index (χ0v) is 10.9. The smallest absolute Gasteiger partial charge is 0.269 e. The minimum Gasteiger partial charge on any atom is -0.387 e. The molecule has 2 N–H and O–H groups in total. The molecule has 0 saturated heterocycles. The number of pyridine rings is 1. The molecule has 0 fully saturated rings. The van der Waals surface area contributed by atoms with Gasteiger partial charge in [0, 0.05) is 27.1 Å². The first-order valence-electron chi connectivity index (χ1n) is 5.95. The quantitative estimate of drug-likeness (QED) is 0.803. The lowest BCUT2D eigenvalue weighted by Crippen LogP contribution is -2.26. The molecule has 7 nitrogen and oxygen atoms in total. The number of nitrogens with one attached hydrogen (secondary N) is 2. The molecule has 0 spiro atoms. The molecule has 2 heterocycles. The lowest BCUT2D eigenvalue weighted by Gasteiger charge is -2.04. The number of amides is 1. The molecule has 0 aliphatic carbocycles. The van der Waals surface area contributed by atoms with Crippen LogP contribution in [0.25, 0.3) is 0 Å². The number of rotatable bonds is 5. The summed E-state index contributed by atoms with van der Waals surface area (Å²) in [5.41, 5.74) is 1.27. The Kier molecular flexibility index (Phi) is 4.07. The Balaban J connectivity index is 1.83. The molecule has 19 heavy (non-hydrogen) atoms. The Bertz CT molecular complexity index is 548. The second-order valence-electron chi connectivity index (χ2n) is 4.02. The monoisotopic (exact) mass is 260 g/mol. The van der Waals surface area contributed by atoms with Gasteiger partial charge in [-0.1, -0.05) is 0 Å². The number of aromatic nitrogens is 4. The standard InChI is InChI=1S/C12H16N6O/c1-13-9-3-4-10(15-7-9)12(19)14-6-5-11-16-8-18(2)17-11/h3-4,7-8,13H,5-6H2,1-2H3,(H,14,19). The van der Waals surface area contributed by atoms with Crippen molar-refractivity contribution in [1.82, 2.24) is 25.1 Å². The predicted octanol–water partition coefficient (Wildman–Crippen LogP) is 0.224. The third kappa shape index (κ3) is 3.51. The van der Waals surface area contributed by atoms with Crippen molar-refractivity contribution in [3.05, 3.63) is 36.2 Å². The van der Waals surface area contributed by atoms with Gasteiger partial charge in [0.1, 0.15) is 12.0 Å². The van der Waals surface area contributed by atoms with Gasteiger partial charge in [0.15, 0.2) is 5.82 Å². The maximum Gasteiger partial charge on any atom is 0.269 e. The summed E-state index contributed by atoms with van der Waals surface area (Å²) in [6.07, 6.45) is 3.85. The summed E-state index contributed by atoms with van der Waals surface area (Å²) in [5.74, 6) is 0.514. The molecule has 2 aromatic heterocycles. The van der Waals surface area contributed by atoms with Gasteiger partial charge in [0.05, 0.1) is 11.9 Å². The maximum atomic E-state index is 11.8. The lowest BCUT2D eigenvalue weighted by molar-refractivity contribution is 0.0949. The molecule has 100 valence electrons. The Labute approximate surface area is 111 Å². The van der Waals surface area contributed by atoms with Gasteiger partial charge in [-0.3, -0.25) is 9.48 Å². The van der Waals surface area contributed by atoms with Crippen LogP contribution in [-0.2, 0) is 13.5 Å². The van der Waals surface area contributed by atoms with Crippen LogP contribution >= 0.6 is 0 Å². The van der Waals surface area contributed by atoms with E-state index in [1.165, 1.54) is 0 Å². The van der Waals surface area contributed by atoms with Gasteiger partial charge < -0.3 is 10.6 Å². The highest BCUT2D eigenvalue weighted by Crippen LogP contribution is 2.04. The minimum absolute atomic E-state index is 0.196. The molecule has 0 radical (unpaired) electrons. The number of anilines is 1. The fraction of sp³-hybridized carbons (Fsp3) is 0.333. The van der Waals surface area contributed by atoms with Gasteiger partial charge >= 0.3 is 0 Å². The van der Waals surface area contributed by atoms with Gasteiger partial charge in [-0.05, 0) is 12.1 Å². The van der Waals surface area contributed by atoms with Crippen molar-refractivity contribution in [3.8, 4) is 0 Å². The van der Waals surface area contributed by atoms with E-state index in [0.717, 1.165) is 5.69 Å². The highest BCUT2D eigenvalue weighted by atomic mass is 16.1. The molecule has 0 aromatic carbocycles. The summed E-state index contributed by atoms with van der Waals surface area (Å²) in [5, 5.41) is 9.86. The van der Waals surface area contributed by atoms with E-state index in [-0.39, 0.29) is 5.91 Å². The van der Waals surface area contributed by atoms with Crippen LogP contribution < -0.4 is 10.6 Å². The van der Waals surface area contributed by atoms with Crippen LogP contribution in [0.1, 0.15) is 16.3 Å². The zero-order valence-electron chi connectivity index (χ0n) is 10.9. The summed E-state index contributed by atoms with van der Waals surface area (Å²) >= 11 is 0. The van der Waals surface area contributed by atoms with E-state index >= 15 is 0 Å². The van der Waals surface area contributed by atoms with Crippen molar-refractivity contribution in [2.75, 3.05) is 18.9 Å². The topological polar surface area (TPSA) is 84.7 Å². The normalized spacial score (nSPS) is 10.2. The Hall–Kier alpha value is -2.44. The largest absolute Gasteiger partial charge is 0.387 e. The highest BCUT2D eigenvalue weighted by Gasteiger charge is 2.07. The number of carbonyl (C=O) groups excluding carboxylic acids is 1. The molecular formula is C12H16N6O. The SMILES string of the molecule is CNc1ccc(C(=O)NCCc2ncn(C)n2)nc1. The molecule has 0 aliphatic rings. The average Bonchev–Trinajstić information content (AvgIpc) is 2.84. The van der Waals surface area contributed by atoms with Crippen LogP contribution in [0.15, 0.2) is 24.7 Å². The Morgan fingerprint density at radius 3 is 2.79 bits per heavy atom. The van der Waals surface area contributed by atoms with Crippen molar-refractivity contribution in [2.24, 2.45) is 7.05 Å². The fourth-order valence-corrected chi connectivity index (χ4v) is 1.55. The van der Waals surface area contributed by atoms with Crippen molar-refractivity contribution in [3.63, 3.8) is 0 Å². The second kappa shape index (κ2) is 5.94. The summed E-state index contributed by atoms with van der Waals surface area (Å²) in [6.45, 7) is 0.484. The number of hydrogen-bond acceptors (Lipinski definition) is 5. The summed E-state index contributed by atoms with van der Waals surface area (Å²) in [4.78, 5) is 20.0. The molecule has 2 rings (SSSR count). The summed E-state index contributed by atoms with van der Waals surface area (Å²) in [7, 11) is 3.61. The summed E-state index contributed by atoms with van der Waals surface area (Å²) < 4.78 is 1.63. The van der Waals surface area contributed by atoms with Crippen molar-refractivity contribution in [2.45, 2.75) is 6.42 Å². The van der Waals surface area contributed by atoms with Crippen LogP contribution in [-0.4, -0.2) is 39.2 Å². The summed E-state index contributed by atoms with van der Waals surface area (Å²) in [6, 6.07) is 3.49. The fourth-order valence-electron chi connectivity index (χ4n) is 1.55. The third-order valence-corrected chi connectivity index (χ3v) is 2.57. The van der Waals surface area contributed by atoms with E-state index in [2.05, 4.69) is 25.7 Å². The molecule has 2 aromatic rings. The number of carbonyl (C=O) groups is 1. The first-order chi connectivity index (χ1) is 9.19. The van der Waals surface area contributed by atoms with Crippen LogP contribution in [0, 0.1) is 0 Å².